The SMILES string of the molecule is CC1=CCCC(C)(CCC2(C)C(C)=CCCC2C)OC1C(O)c1cc(O)ccc1O. The molecule has 0 saturated heterocycles. The van der Waals surface area contributed by atoms with E-state index in [1.807, 2.05) is 6.92 Å². The van der Waals surface area contributed by atoms with E-state index in [0.29, 0.717) is 11.5 Å². The normalized spacial score (nSPS) is 33.4. The van der Waals surface area contributed by atoms with Gasteiger partial charge in [-0.3, -0.25) is 0 Å². The van der Waals surface area contributed by atoms with Crippen LogP contribution in [0.3, 0.4) is 0 Å². The lowest BCUT2D eigenvalue weighted by atomic mass is 9.64. The summed E-state index contributed by atoms with van der Waals surface area (Å²) in [5.74, 6) is 0.621. The minimum Gasteiger partial charge on any atom is -0.508 e. The van der Waals surface area contributed by atoms with Gasteiger partial charge in [0, 0.05) is 5.56 Å². The van der Waals surface area contributed by atoms with Gasteiger partial charge in [0.25, 0.3) is 0 Å². The number of aliphatic hydroxyl groups is 1. The lowest BCUT2D eigenvalue weighted by Crippen LogP contribution is -2.39. The standard InChI is InChI=1S/C26H38O4/c1-17-8-7-13-25(4,14-15-26(5)18(2)9-6-10-19(26)3)30-24(17)23(29)21-16-20(27)11-12-22(21)28/h8-9,11-12,16,19,23-24,27-29H,6-7,10,13-15H2,1-5H3. The topological polar surface area (TPSA) is 69.9 Å². The average Bonchev–Trinajstić information content (AvgIpc) is 2.85. The molecule has 1 aromatic rings. The van der Waals surface area contributed by atoms with Crippen molar-refractivity contribution in [1.82, 2.24) is 0 Å². The first kappa shape index (κ1) is 22.9. The Morgan fingerprint density at radius 3 is 2.53 bits per heavy atom. The van der Waals surface area contributed by atoms with Crippen molar-refractivity contribution >= 4 is 0 Å². The van der Waals surface area contributed by atoms with Gasteiger partial charge in [0.1, 0.15) is 23.7 Å². The van der Waals surface area contributed by atoms with E-state index >= 15 is 0 Å². The van der Waals surface area contributed by atoms with Gasteiger partial charge in [-0.1, -0.05) is 31.6 Å². The molecule has 4 nitrogen and oxygen atoms in total. The molecule has 1 heterocycles. The second-order valence-electron chi connectivity index (χ2n) is 9.95. The van der Waals surface area contributed by atoms with Crippen molar-refractivity contribution < 1.29 is 20.1 Å². The molecule has 30 heavy (non-hydrogen) atoms. The van der Waals surface area contributed by atoms with E-state index in [1.54, 1.807) is 0 Å². The number of phenolic OH excluding ortho intramolecular Hbond substituents is 2. The summed E-state index contributed by atoms with van der Waals surface area (Å²) < 4.78 is 6.60. The first-order valence-electron chi connectivity index (χ1n) is 11.3. The van der Waals surface area contributed by atoms with Gasteiger partial charge < -0.3 is 20.1 Å². The third kappa shape index (κ3) is 4.60. The molecule has 5 atom stereocenters. The summed E-state index contributed by atoms with van der Waals surface area (Å²) in [6, 6.07) is 4.23. The molecule has 1 aliphatic heterocycles. The highest BCUT2D eigenvalue weighted by molar-refractivity contribution is 5.41. The summed E-state index contributed by atoms with van der Waals surface area (Å²) >= 11 is 0. The monoisotopic (exact) mass is 414 g/mol. The number of benzene rings is 1. The summed E-state index contributed by atoms with van der Waals surface area (Å²) in [4.78, 5) is 0. The van der Waals surface area contributed by atoms with Crippen molar-refractivity contribution in [3.63, 3.8) is 0 Å². The van der Waals surface area contributed by atoms with Gasteiger partial charge >= 0.3 is 0 Å². The average molecular weight is 415 g/mol. The minimum atomic E-state index is -1.04. The first-order valence-corrected chi connectivity index (χ1v) is 11.3. The number of hydrogen-bond donors (Lipinski definition) is 3. The molecule has 0 spiro atoms. The van der Waals surface area contributed by atoms with Crippen LogP contribution in [0.5, 0.6) is 11.5 Å². The molecule has 5 unspecified atom stereocenters. The van der Waals surface area contributed by atoms with E-state index < -0.39 is 12.2 Å². The second-order valence-corrected chi connectivity index (χ2v) is 9.95. The largest absolute Gasteiger partial charge is 0.508 e. The summed E-state index contributed by atoms with van der Waals surface area (Å²) in [6.07, 6.45) is 9.07. The summed E-state index contributed by atoms with van der Waals surface area (Å²) in [5, 5.41) is 31.2. The second kappa shape index (κ2) is 8.76. The molecule has 0 radical (unpaired) electrons. The number of aliphatic hydroxyl groups excluding tert-OH is 1. The summed E-state index contributed by atoms with van der Waals surface area (Å²) in [6.45, 7) is 11.1. The van der Waals surface area contributed by atoms with Gasteiger partial charge in [-0.15, -0.1) is 0 Å². The molecule has 3 rings (SSSR count). The van der Waals surface area contributed by atoms with Crippen molar-refractivity contribution in [3.8, 4) is 11.5 Å². The highest BCUT2D eigenvalue weighted by Gasteiger charge is 2.40. The van der Waals surface area contributed by atoms with Crippen LogP contribution in [-0.2, 0) is 4.74 Å². The van der Waals surface area contributed by atoms with Gasteiger partial charge in [-0.25, -0.2) is 0 Å². The van der Waals surface area contributed by atoms with Crippen molar-refractivity contribution in [2.75, 3.05) is 0 Å². The van der Waals surface area contributed by atoms with Crippen molar-refractivity contribution in [2.24, 2.45) is 11.3 Å². The maximum absolute atomic E-state index is 11.1. The van der Waals surface area contributed by atoms with Crippen molar-refractivity contribution in [1.29, 1.82) is 0 Å². The van der Waals surface area contributed by atoms with Gasteiger partial charge in [0.15, 0.2) is 0 Å². The molecule has 0 fully saturated rings. The molecule has 166 valence electrons. The molecule has 4 heteroatoms. The molecule has 0 amide bonds. The zero-order chi connectivity index (χ0) is 22.1. The fourth-order valence-electron chi connectivity index (χ4n) is 5.08. The van der Waals surface area contributed by atoms with E-state index in [0.717, 1.165) is 31.3 Å². The fraction of sp³-hybridized carbons (Fsp3) is 0.615. The highest BCUT2D eigenvalue weighted by atomic mass is 16.5. The van der Waals surface area contributed by atoms with Gasteiger partial charge in [-0.05, 0) is 94.4 Å². The highest BCUT2D eigenvalue weighted by Crippen LogP contribution is 2.48. The Balaban J connectivity index is 1.81. The Hall–Kier alpha value is -1.78. The van der Waals surface area contributed by atoms with E-state index in [2.05, 4.69) is 39.8 Å². The molecule has 0 bridgehead atoms. The summed E-state index contributed by atoms with van der Waals surface area (Å²) in [5.41, 5.74) is 2.55. The number of phenols is 2. The van der Waals surface area contributed by atoms with E-state index in [1.165, 1.54) is 36.6 Å². The number of ether oxygens (including phenoxy) is 1. The third-order valence-corrected chi connectivity index (χ3v) is 7.83. The molecular formula is C26H38O4. The predicted molar refractivity (Wildman–Crippen MR) is 120 cm³/mol. The fourth-order valence-corrected chi connectivity index (χ4v) is 5.08. The molecular weight excluding hydrogens is 376 g/mol. The Morgan fingerprint density at radius 2 is 1.83 bits per heavy atom. The lowest BCUT2D eigenvalue weighted by Gasteiger charge is -2.43. The first-order chi connectivity index (χ1) is 14.1. The zero-order valence-corrected chi connectivity index (χ0v) is 19.1. The van der Waals surface area contributed by atoms with Gasteiger partial charge in [0.05, 0.1) is 5.60 Å². The van der Waals surface area contributed by atoms with Crippen LogP contribution in [0, 0.1) is 11.3 Å². The minimum absolute atomic E-state index is 0.0151. The smallest absolute Gasteiger partial charge is 0.121 e. The van der Waals surface area contributed by atoms with Crippen LogP contribution in [0.25, 0.3) is 0 Å². The number of allylic oxidation sites excluding steroid dienone is 3. The van der Waals surface area contributed by atoms with Crippen molar-refractivity contribution in [2.45, 2.75) is 91.0 Å². The molecule has 0 aromatic heterocycles. The number of rotatable bonds is 5. The van der Waals surface area contributed by atoms with Crippen LogP contribution in [0.15, 0.2) is 41.5 Å². The van der Waals surface area contributed by atoms with Crippen LogP contribution < -0.4 is 0 Å². The maximum Gasteiger partial charge on any atom is 0.121 e. The molecule has 2 aliphatic rings. The molecule has 1 aromatic carbocycles. The molecule has 3 N–H and O–H groups in total. The van der Waals surface area contributed by atoms with Crippen LogP contribution in [0.4, 0.5) is 0 Å². The Morgan fingerprint density at radius 1 is 1.10 bits per heavy atom. The van der Waals surface area contributed by atoms with E-state index in [-0.39, 0.29) is 22.5 Å². The quantitative estimate of drug-likeness (QED) is 0.397. The van der Waals surface area contributed by atoms with Crippen LogP contribution in [-0.4, -0.2) is 27.0 Å². The zero-order valence-electron chi connectivity index (χ0n) is 19.1. The Bertz CT molecular complexity index is 826. The summed E-state index contributed by atoms with van der Waals surface area (Å²) in [7, 11) is 0. The van der Waals surface area contributed by atoms with Gasteiger partial charge in [-0.2, -0.15) is 0 Å². The van der Waals surface area contributed by atoms with E-state index in [9.17, 15) is 15.3 Å². The predicted octanol–water partition coefficient (Wildman–Crippen LogP) is 6.18. The number of aromatic hydroxyl groups is 2. The van der Waals surface area contributed by atoms with Crippen LogP contribution >= 0.6 is 0 Å². The van der Waals surface area contributed by atoms with E-state index in [4.69, 9.17) is 4.74 Å². The molecule has 0 saturated carbocycles. The van der Waals surface area contributed by atoms with Gasteiger partial charge in [0.2, 0.25) is 0 Å². The van der Waals surface area contributed by atoms with Crippen molar-refractivity contribution in [3.05, 3.63) is 47.1 Å². The Labute approximate surface area is 181 Å². The third-order valence-electron chi connectivity index (χ3n) is 7.83. The Kier molecular flexibility index (Phi) is 6.69. The lowest BCUT2D eigenvalue weighted by molar-refractivity contribution is -0.120. The van der Waals surface area contributed by atoms with Crippen LogP contribution in [0.2, 0.25) is 0 Å². The maximum atomic E-state index is 11.1. The number of hydrogen-bond acceptors (Lipinski definition) is 4. The molecule has 1 aliphatic carbocycles. The van der Waals surface area contributed by atoms with Crippen LogP contribution in [0.1, 0.15) is 84.8 Å².